The first-order chi connectivity index (χ1) is 13.8. The molecule has 0 amide bonds. The summed E-state index contributed by atoms with van der Waals surface area (Å²) in [6.07, 6.45) is 0. The Balaban J connectivity index is 2.07. The van der Waals surface area contributed by atoms with Crippen LogP contribution >= 0.6 is 0 Å². The molecule has 0 heterocycles. The fourth-order valence-corrected chi connectivity index (χ4v) is 10.7. The zero-order chi connectivity index (χ0) is 21.2. The molecular weight excluding hydrogens is 368 g/mol. The van der Waals surface area contributed by atoms with Crippen LogP contribution in [0.3, 0.4) is 0 Å². The van der Waals surface area contributed by atoms with Gasteiger partial charge in [-0.2, -0.15) is 0 Å². The van der Waals surface area contributed by atoms with E-state index in [4.69, 9.17) is 4.43 Å². The van der Waals surface area contributed by atoms with Gasteiger partial charge < -0.3 is 4.43 Å². The summed E-state index contributed by atoms with van der Waals surface area (Å²) in [5.41, 5.74) is 7.04. The maximum Gasteiger partial charge on any atom is 0.200 e. The van der Waals surface area contributed by atoms with Crippen molar-refractivity contribution in [3.05, 3.63) is 71.8 Å². The molecule has 0 fully saturated rings. The highest BCUT2D eigenvalue weighted by atomic mass is 28.4. The molecule has 29 heavy (non-hydrogen) atoms. The van der Waals surface area contributed by atoms with E-state index in [0.717, 1.165) is 0 Å². The molecular formula is C27H36OSi. The number of hydrogen-bond donors (Lipinski definition) is 0. The summed E-state index contributed by atoms with van der Waals surface area (Å²) in [5, 5.41) is 2.61. The van der Waals surface area contributed by atoms with Gasteiger partial charge in [0, 0.05) is 0 Å². The Morgan fingerprint density at radius 2 is 1.31 bits per heavy atom. The molecule has 154 valence electrons. The van der Waals surface area contributed by atoms with Gasteiger partial charge in [0.25, 0.3) is 0 Å². The van der Waals surface area contributed by atoms with Crippen LogP contribution in [0.15, 0.2) is 60.7 Å². The molecule has 0 N–H and O–H groups in total. The van der Waals surface area contributed by atoms with Crippen LogP contribution in [-0.4, -0.2) is 8.32 Å². The highest BCUT2D eigenvalue weighted by Gasteiger charge is 2.45. The minimum atomic E-state index is -1.90. The molecule has 1 nitrogen and oxygen atoms in total. The average Bonchev–Trinajstić information content (AvgIpc) is 2.68. The average molecular weight is 405 g/mol. The normalized spacial score (nSPS) is 12.5. The van der Waals surface area contributed by atoms with Crippen molar-refractivity contribution in [2.24, 2.45) is 0 Å². The smallest absolute Gasteiger partial charge is 0.200 e. The highest BCUT2D eigenvalue weighted by molar-refractivity contribution is 6.77. The van der Waals surface area contributed by atoms with Crippen molar-refractivity contribution in [2.45, 2.75) is 71.7 Å². The summed E-state index contributed by atoms with van der Waals surface area (Å²) in [7, 11) is -1.90. The van der Waals surface area contributed by atoms with E-state index >= 15 is 0 Å². The fourth-order valence-electron chi connectivity index (χ4n) is 5.33. The molecule has 3 aromatic rings. The third kappa shape index (κ3) is 4.06. The molecule has 0 unspecified atom stereocenters. The van der Waals surface area contributed by atoms with Crippen molar-refractivity contribution in [3.63, 3.8) is 0 Å². The van der Waals surface area contributed by atoms with Crippen LogP contribution in [0.25, 0.3) is 21.9 Å². The molecule has 0 aliphatic rings. The van der Waals surface area contributed by atoms with E-state index < -0.39 is 8.32 Å². The Morgan fingerprint density at radius 1 is 0.724 bits per heavy atom. The molecule has 3 aromatic carbocycles. The largest absolute Gasteiger partial charge is 0.412 e. The van der Waals surface area contributed by atoms with Crippen molar-refractivity contribution in [1.82, 2.24) is 0 Å². The first kappa shape index (κ1) is 21.8. The van der Waals surface area contributed by atoms with Crippen LogP contribution in [0.2, 0.25) is 16.6 Å². The Morgan fingerprint density at radius 3 is 1.97 bits per heavy atom. The van der Waals surface area contributed by atoms with E-state index in [1.165, 1.54) is 33.0 Å². The third-order valence-electron chi connectivity index (χ3n) is 6.61. The second-order valence-electron chi connectivity index (χ2n) is 9.24. The lowest BCUT2D eigenvalue weighted by molar-refractivity contribution is 0.266. The molecule has 0 aromatic heterocycles. The Labute approximate surface area is 178 Å². The molecule has 0 radical (unpaired) electrons. The molecule has 2 heteroatoms. The third-order valence-corrected chi connectivity index (χ3v) is 12.7. The number of fused-ring (bicyclic) bond motifs is 1. The zero-order valence-electron chi connectivity index (χ0n) is 19.1. The van der Waals surface area contributed by atoms with Gasteiger partial charge in [-0.15, -0.1) is 0 Å². The van der Waals surface area contributed by atoms with E-state index in [1.54, 1.807) is 0 Å². The molecule has 0 spiro atoms. The molecule has 0 bridgehead atoms. The van der Waals surface area contributed by atoms with Gasteiger partial charge in [-0.25, -0.2) is 0 Å². The number of rotatable bonds is 7. The topological polar surface area (TPSA) is 9.23 Å². The molecule has 0 saturated heterocycles. The first-order valence-electron chi connectivity index (χ1n) is 11.0. The fraction of sp³-hybridized carbons (Fsp3) is 0.407. The quantitative estimate of drug-likeness (QED) is 0.359. The van der Waals surface area contributed by atoms with Gasteiger partial charge in [0.1, 0.15) is 0 Å². The van der Waals surface area contributed by atoms with Crippen molar-refractivity contribution < 1.29 is 4.43 Å². The van der Waals surface area contributed by atoms with Gasteiger partial charge in [-0.1, -0.05) is 102 Å². The molecule has 0 aliphatic carbocycles. The maximum atomic E-state index is 6.95. The summed E-state index contributed by atoms with van der Waals surface area (Å²) < 4.78 is 6.95. The second-order valence-corrected chi connectivity index (χ2v) is 14.7. The zero-order valence-corrected chi connectivity index (χ0v) is 20.1. The van der Waals surface area contributed by atoms with E-state index in [2.05, 4.69) is 109 Å². The summed E-state index contributed by atoms with van der Waals surface area (Å²) in [4.78, 5) is 0. The highest BCUT2D eigenvalue weighted by Crippen LogP contribution is 2.43. The van der Waals surface area contributed by atoms with Crippen LogP contribution in [0.5, 0.6) is 0 Å². The van der Waals surface area contributed by atoms with Crippen LogP contribution in [0, 0.1) is 6.92 Å². The van der Waals surface area contributed by atoms with Crippen molar-refractivity contribution in [3.8, 4) is 11.1 Å². The first-order valence-corrected chi connectivity index (χ1v) is 13.1. The molecule has 3 rings (SSSR count). The van der Waals surface area contributed by atoms with Gasteiger partial charge >= 0.3 is 0 Å². The van der Waals surface area contributed by atoms with Crippen LogP contribution in [0.1, 0.15) is 52.7 Å². The molecule has 0 aliphatic heterocycles. The predicted molar refractivity (Wildman–Crippen MR) is 130 cm³/mol. The molecule has 0 saturated carbocycles. The molecule has 0 atom stereocenters. The Bertz CT molecular complexity index is 949. The number of aryl methyl sites for hydroxylation is 1. The Hall–Kier alpha value is -1.90. The van der Waals surface area contributed by atoms with Gasteiger partial charge in [0.15, 0.2) is 0 Å². The lowest BCUT2D eigenvalue weighted by atomic mass is 9.91. The van der Waals surface area contributed by atoms with Gasteiger partial charge in [-0.3, -0.25) is 0 Å². The van der Waals surface area contributed by atoms with E-state index in [1.807, 2.05) is 0 Å². The van der Waals surface area contributed by atoms with Crippen molar-refractivity contribution >= 4 is 19.1 Å². The van der Waals surface area contributed by atoms with Crippen LogP contribution in [0.4, 0.5) is 0 Å². The summed E-state index contributed by atoms with van der Waals surface area (Å²) in [6, 6.07) is 22.0. The number of hydrogen-bond acceptors (Lipinski definition) is 1. The number of benzene rings is 3. The SMILES string of the molecule is Cc1ccc2ccccc2c1-c1ccccc1CO[Si](C(C)C)(C(C)C)C(C)C. The minimum absolute atomic E-state index is 0.592. The maximum absolute atomic E-state index is 6.95. The van der Waals surface area contributed by atoms with Crippen LogP contribution in [-0.2, 0) is 11.0 Å². The van der Waals surface area contributed by atoms with Crippen molar-refractivity contribution in [1.29, 1.82) is 0 Å². The van der Waals surface area contributed by atoms with Gasteiger partial charge in [0.2, 0.25) is 8.32 Å². The van der Waals surface area contributed by atoms with Crippen LogP contribution < -0.4 is 0 Å². The summed E-state index contributed by atoms with van der Waals surface area (Å²) in [5.74, 6) is 0. The predicted octanol–water partition coefficient (Wildman–Crippen LogP) is 8.51. The van der Waals surface area contributed by atoms with E-state index in [9.17, 15) is 0 Å². The Kier molecular flexibility index (Phi) is 6.65. The summed E-state index contributed by atoms with van der Waals surface area (Å²) in [6.45, 7) is 17.0. The van der Waals surface area contributed by atoms with E-state index in [0.29, 0.717) is 23.2 Å². The monoisotopic (exact) mass is 404 g/mol. The second kappa shape index (κ2) is 8.85. The standard InChI is InChI=1S/C27H36OSi/c1-19(2)29(20(3)4,21(5)6)28-18-24-13-9-11-15-26(24)27-22(7)16-17-23-12-8-10-14-25(23)27/h8-17,19-21H,18H2,1-7H3. The van der Waals surface area contributed by atoms with E-state index in [-0.39, 0.29) is 0 Å². The van der Waals surface area contributed by atoms with Crippen molar-refractivity contribution in [2.75, 3.05) is 0 Å². The van der Waals surface area contributed by atoms with Gasteiger partial charge in [0.05, 0.1) is 6.61 Å². The summed E-state index contributed by atoms with van der Waals surface area (Å²) >= 11 is 0. The van der Waals surface area contributed by atoms with Gasteiger partial charge in [-0.05, 0) is 56.6 Å². The lowest BCUT2D eigenvalue weighted by Crippen LogP contribution is -2.47. The minimum Gasteiger partial charge on any atom is -0.412 e. The lowest BCUT2D eigenvalue weighted by Gasteiger charge is -2.42.